The van der Waals surface area contributed by atoms with Crippen molar-refractivity contribution in [1.82, 2.24) is 10.2 Å². The molecule has 2 atom stereocenters. The molecule has 0 radical (unpaired) electrons. The quantitative estimate of drug-likeness (QED) is 0.681. The molecule has 0 aliphatic heterocycles. The van der Waals surface area contributed by atoms with Gasteiger partial charge in [0.15, 0.2) is 0 Å². The van der Waals surface area contributed by atoms with E-state index in [0.717, 1.165) is 12.2 Å². The van der Waals surface area contributed by atoms with E-state index < -0.39 is 12.0 Å². The van der Waals surface area contributed by atoms with E-state index >= 15 is 0 Å². The zero-order valence-electron chi connectivity index (χ0n) is 12.0. The molecule has 0 aromatic carbocycles. The van der Waals surface area contributed by atoms with Crippen LogP contribution in [0.2, 0.25) is 0 Å². The van der Waals surface area contributed by atoms with Crippen LogP contribution in [0.4, 0.5) is 4.79 Å². The van der Waals surface area contributed by atoms with Gasteiger partial charge in [-0.15, -0.1) is 0 Å². The largest absolute Gasteiger partial charge is 0.480 e. The minimum Gasteiger partial charge on any atom is -0.480 e. The van der Waals surface area contributed by atoms with Crippen molar-refractivity contribution in [1.29, 1.82) is 0 Å². The first kappa shape index (κ1) is 18.4. The number of aliphatic carboxylic acids is 1. The van der Waals surface area contributed by atoms with Gasteiger partial charge < -0.3 is 15.3 Å². The van der Waals surface area contributed by atoms with E-state index in [0.29, 0.717) is 12.2 Å². The second-order valence-corrected chi connectivity index (χ2v) is 6.15. The zero-order valence-corrected chi connectivity index (χ0v) is 13.6. The number of carboxylic acids is 1. The van der Waals surface area contributed by atoms with E-state index in [2.05, 4.69) is 5.32 Å². The van der Waals surface area contributed by atoms with Crippen LogP contribution in [0.1, 0.15) is 19.8 Å². The molecule has 0 bridgehead atoms. The summed E-state index contributed by atoms with van der Waals surface area (Å²) >= 11 is 3.25. The van der Waals surface area contributed by atoms with Gasteiger partial charge in [-0.3, -0.25) is 0 Å². The third kappa shape index (κ3) is 6.96. The maximum Gasteiger partial charge on any atom is 0.326 e. The number of hydrogen-bond acceptors (Lipinski definition) is 4. The van der Waals surface area contributed by atoms with Crippen molar-refractivity contribution >= 4 is 35.5 Å². The maximum absolute atomic E-state index is 12.0. The van der Waals surface area contributed by atoms with Crippen molar-refractivity contribution in [2.24, 2.45) is 0 Å². The Labute approximate surface area is 123 Å². The molecular weight excluding hydrogens is 284 g/mol. The third-order valence-corrected chi connectivity index (χ3v) is 4.27. The van der Waals surface area contributed by atoms with E-state index in [9.17, 15) is 9.59 Å². The smallest absolute Gasteiger partial charge is 0.326 e. The van der Waals surface area contributed by atoms with Crippen LogP contribution in [-0.4, -0.2) is 65.2 Å². The molecule has 5 nitrogen and oxygen atoms in total. The molecule has 0 rings (SSSR count). The van der Waals surface area contributed by atoms with Crippen molar-refractivity contribution < 1.29 is 14.7 Å². The highest BCUT2D eigenvalue weighted by atomic mass is 32.2. The van der Waals surface area contributed by atoms with E-state index in [4.69, 9.17) is 5.11 Å². The molecule has 0 aromatic rings. The number of hydrogen-bond donors (Lipinski definition) is 2. The van der Waals surface area contributed by atoms with Crippen molar-refractivity contribution in [3.63, 3.8) is 0 Å². The summed E-state index contributed by atoms with van der Waals surface area (Å²) in [5, 5.41) is 11.7. The molecule has 1 unspecified atom stereocenters. The Morgan fingerprint density at radius 2 is 1.95 bits per heavy atom. The first-order valence-electron chi connectivity index (χ1n) is 6.21. The van der Waals surface area contributed by atoms with Crippen LogP contribution < -0.4 is 5.32 Å². The summed E-state index contributed by atoms with van der Waals surface area (Å²) in [5.74, 6) is 0.583. The maximum atomic E-state index is 12.0. The van der Waals surface area contributed by atoms with E-state index in [1.807, 2.05) is 19.4 Å². The topological polar surface area (TPSA) is 69.6 Å². The van der Waals surface area contributed by atoms with Crippen molar-refractivity contribution in [2.45, 2.75) is 31.8 Å². The van der Waals surface area contributed by atoms with Gasteiger partial charge in [0, 0.05) is 18.8 Å². The lowest BCUT2D eigenvalue weighted by Crippen LogP contribution is -2.50. The van der Waals surface area contributed by atoms with E-state index in [1.54, 1.807) is 35.5 Å². The van der Waals surface area contributed by atoms with Crippen LogP contribution in [-0.2, 0) is 4.79 Å². The van der Waals surface area contributed by atoms with Crippen LogP contribution >= 0.6 is 23.5 Å². The molecule has 0 heterocycles. The first-order chi connectivity index (χ1) is 8.97. The van der Waals surface area contributed by atoms with Gasteiger partial charge in [-0.25, -0.2) is 9.59 Å². The average molecular weight is 308 g/mol. The highest BCUT2D eigenvalue weighted by Crippen LogP contribution is 2.09. The van der Waals surface area contributed by atoms with Gasteiger partial charge in [-0.2, -0.15) is 23.5 Å². The number of rotatable bonds is 9. The molecule has 0 aromatic heterocycles. The average Bonchev–Trinajstić information content (AvgIpc) is 2.39. The van der Waals surface area contributed by atoms with Gasteiger partial charge in [0.05, 0.1) is 0 Å². The minimum absolute atomic E-state index is 0.130. The Balaban J connectivity index is 4.48. The molecule has 0 aliphatic carbocycles. The molecule has 7 heteroatoms. The number of thioether (sulfide) groups is 2. The Morgan fingerprint density at radius 3 is 2.37 bits per heavy atom. The normalized spacial score (nSPS) is 13.7. The lowest BCUT2D eigenvalue weighted by atomic mass is 10.2. The first-order valence-corrected chi connectivity index (χ1v) is 9.00. The predicted molar refractivity (Wildman–Crippen MR) is 83.2 cm³/mol. The molecule has 0 aliphatic rings. The summed E-state index contributed by atoms with van der Waals surface area (Å²) < 4.78 is 0. The standard InChI is InChI=1S/C12H24N2O3S2/c1-5-9(8-19-4)14(2)12(17)13-10(11(15)16)6-7-18-3/h9-10H,5-8H2,1-4H3,(H,13,17)(H,15,16)/t9?,10-/m1/s1. The minimum atomic E-state index is -0.978. The monoisotopic (exact) mass is 308 g/mol. The molecule has 0 fully saturated rings. The number of nitrogens with one attached hydrogen (secondary N) is 1. The molecule has 19 heavy (non-hydrogen) atoms. The number of nitrogens with zero attached hydrogens (tertiary/aromatic N) is 1. The fourth-order valence-electron chi connectivity index (χ4n) is 1.61. The van der Waals surface area contributed by atoms with Gasteiger partial charge in [-0.05, 0) is 31.1 Å². The lowest BCUT2D eigenvalue weighted by Gasteiger charge is -2.28. The molecule has 0 saturated heterocycles. The summed E-state index contributed by atoms with van der Waals surface area (Å²) in [7, 11) is 1.72. The molecular formula is C12H24N2O3S2. The second kappa shape index (κ2) is 10.3. The van der Waals surface area contributed by atoms with Crippen molar-refractivity contribution in [2.75, 3.05) is 31.1 Å². The van der Waals surface area contributed by atoms with Gasteiger partial charge in [0.25, 0.3) is 0 Å². The Morgan fingerprint density at radius 1 is 1.32 bits per heavy atom. The van der Waals surface area contributed by atoms with Crippen LogP contribution in [0.5, 0.6) is 0 Å². The van der Waals surface area contributed by atoms with Gasteiger partial charge in [0.2, 0.25) is 0 Å². The highest BCUT2D eigenvalue weighted by Gasteiger charge is 2.24. The molecule has 2 N–H and O–H groups in total. The second-order valence-electron chi connectivity index (χ2n) is 4.25. The number of carbonyl (C=O) groups excluding carboxylic acids is 1. The third-order valence-electron chi connectivity index (χ3n) is 2.90. The van der Waals surface area contributed by atoms with E-state index in [-0.39, 0.29) is 12.1 Å². The summed E-state index contributed by atoms with van der Waals surface area (Å²) in [6.45, 7) is 2.02. The number of carbonyl (C=O) groups is 2. The summed E-state index contributed by atoms with van der Waals surface area (Å²) in [4.78, 5) is 24.7. The van der Waals surface area contributed by atoms with E-state index in [1.165, 1.54) is 0 Å². The number of amides is 2. The molecule has 0 saturated carbocycles. The Kier molecular flexibility index (Phi) is 9.95. The van der Waals surface area contributed by atoms with Crippen LogP contribution in [0.25, 0.3) is 0 Å². The zero-order chi connectivity index (χ0) is 14.8. The summed E-state index contributed by atoms with van der Waals surface area (Å²) in [5.41, 5.74) is 0. The van der Waals surface area contributed by atoms with Crippen LogP contribution in [0.15, 0.2) is 0 Å². The summed E-state index contributed by atoms with van der Waals surface area (Å²) in [6, 6.07) is -0.992. The SMILES string of the molecule is CCC(CSC)N(C)C(=O)N[C@H](CCSC)C(=O)O. The molecule has 2 amide bonds. The fraction of sp³-hybridized carbons (Fsp3) is 0.833. The van der Waals surface area contributed by atoms with Gasteiger partial charge in [0.1, 0.15) is 6.04 Å². The summed E-state index contributed by atoms with van der Waals surface area (Å²) in [6.07, 6.45) is 5.20. The predicted octanol–water partition coefficient (Wildman–Crippen LogP) is 1.98. The van der Waals surface area contributed by atoms with Gasteiger partial charge >= 0.3 is 12.0 Å². The Bertz CT molecular complexity index is 290. The number of carboxylic acid groups (broad SMARTS) is 1. The fourth-order valence-corrected chi connectivity index (χ4v) is 2.92. The van der Waals surface area contributed by atoms with Crippen molar-refractivity contribution in [3.8, 4) is 0 Å². The molecule has 112 valence electrons. The highest BCUT2D eigenvalue weighted by molar-refractivity contribution is 7.98. The molecule has 0 spiro atoms. The lowest BCUT2D eigenvalue weighted by molar-refractivity contribution is -0.139. The van der Waals surface area contributed by atoms with Crippen molar-refractivity contribution in [3.05, 3.63) is 0 Å². The van der Waals surface area contributed by atoms with Crippen LogP contribution in [0.3, 0.4) is 0 Å². The van der Waals surface area contributed by atoms with Gasteiger partial charge in [-0.1, -0.05) is 6.92 Å². The van der Waals surface area contributed by atoms with Crippen LogP contribution in [0, 0.1) is 0 Å². The number of urea groups is 1. The Hall–Kier alpha value is -0.560.